The number of carbonyl (C=O) groups excluding carboxylic acids is 2. The standard InChI is InChI=1S/C21H27F3N2O4/c1-30-19(28)17-10-16(15-4-2-3-14(9-15)11-21(22,23)24)12-26(13-17)20(29)25-7-5-18(27)6-8-25/h2-4,9,16-18,27H,5-8,10-13H2,1H3. The average Bonchev–Trinajstić information content (AvgIpc) is 2.72. The van der Waals surface area contributed by atoms with Crippen molar-refractivity contribution in [1.82, 2.24) is 9.80 Å². The second kappa shape index (κ2) is 9.24. The maximum atomic E-state index is 13.0. The second-order valence-electron chi connectivity index (χ2n) is 8.10. The molecule has 166 valence electrons. The highest BCUT2D eigenvalue weighted by atomic mass is 19.4. The zero-order valence-electron chi connectivity index (χ0n) is 16.9. The van der Waals surface area contributed by atoms with Gasteiger partial charge in [-0.05, 0) is 30.4 Å². The number of alkyl halides is 3. The van der Waals surface area contributed by atoms with E-state index < -0.39 is 30.6 Å². The molecule has 30 heavy (non-hydrogen) atoms. The summed E-state index contributed by atoms with van der Waals surface area (Å²) in [5.74, 6) is -1.24. The molecular formula is C21H27F3N2O4. The Morgan fingerprint density at radius 2 is 1.87 bits per heavy atom. The number of piperidine rings is 2. The van der Waals surface area contributed by atoms with Crippen LogP contribution < -0.4 is 0 Å². The largest absolute Gasteiger partial charge is 0.469 e. The van der Waals surface area contributed by atoms with E-state index in [1.54, 1.807) is 21.9 Å². The van der Waals surface area contributed by atoms with Crippen LogP contribution in [0.15, 0.2) is 24.3 Å². The first-order valence-corrected chi connectivity index (χ1v) is 10.1. The fourth-order valence-corrected chi connectivity index (χ4v) is 4.28. The number of ether oxygens (including phenoxy) is 1. The Balaban J connectivity index is 1.79. The molecule has 0 spiro atoms. The molecule has 2 heterocycles. The lowest BCUT2D eigenvalue weighted by molar-refractivity contribution is -0.147. The maximum absolute atomic E-state index is 13.0. The predicted molar refractivity (Wildman–Crippen MR) is 103 cm³/mol. The third-order valence-electron chi connectivity index (χ3n) is 5.82. The normalized spacial score (nSPS) is 23.4. The summed E-state index contributed by atoms with van der Waals surface area (Å²) in [7, 11) is 1.29. The van der Waals surface area contributed by atoms with Crippen LogP contribution in [0.25, 0.3) is 0 Å². The van der Waals surface area contributed by atoms with Crippen LogP contribution in [0.1, 0.15) is 36.3 Å². The van der Waals surface area contributed by atoms with Crippen LogP contribution in [0.4, 0.5) is 18.0 Å². The number of halogens is 3. The highest BCUT2D eigenvalue weighted by molar-refractivity contribution is 5.77. The van der Waals surface area contributed by atoms with Crippen molar-refractivity contribution < 1.29 is 32.6 Å². The van der Waals surface area contributed by atoms with E-state index in [1.807, 2.05) is 0 Å². The lowest BCUT2D eigenvalue weighted by Crippen LogP contribution is -2.52. The summed E-state index contributed by atoms with van der Waals surface area (Å²) in [6, 6.07) is 6.05. The van der Waals surface area contributed by atoms with Crippen LogP contribution in [0.2, 0.25) is 0 Å². The lowest BCUT2D eigenvalue weighted by Gasteiger charge is -2.40. The van der Waals surface area contributed by atoms with Gasteiger partial charge in [-0.2, -0.15) is 13.2 Å². The molecule has 2 unspecified atom stereocenters. The van der Waals surface area contributed by atoms with Gasteiger partial charge < -0.3 is 19.6 Å². The van der Waals surface area contributed by atoms with Crippen molar-refractivity contribution in [3.63, 3.8) is 0 Å². The SMILES string of the molecule is COC(=O)C1CC(c2cccc(CC(F)(F)F)c2)CN(C(=O)N2CCC(O)CC2)C1. The molecule has 2 amide bonds. The Morgan fingerprint density at radius 3 is 2.50 bits per heavy atom. The van der Waals surface area contributed by atoms with Gasteiger partial charge in [-0.1, -0.05) is 24.3 Å². The van der Waals surface area contributed by atoms with Crippen molar-refractivity contribution in [2.24, 2.45) is 5.92 Å². The summed E-state index contributed by atoms with van der Waals surface area (Å²) < 4.78 is 43.3. The summed E-state index contributed by atoms with van der Waals surface area (Å²) >= 11 is 0. The number of aliphatic hydroxyl groups is 1. The van der Waals surface area contributed by atoms with E-state index in [2.05, 4.69) is 0 Å². The Bertz CT molecular complexity index is 763. The topological polar surface area (TPSA) is 70.1 Å². The van der Waals surface area contributed by atoms with Crippen LogP contribution >= 0.6 is 0 Å². The number of esters is 1. The molecule has 3 rings (SSSR count). The molecule has 1 aromatic carbocycles. The van der Waals surface area contributed by atoms with E-state index in [4.69, 9.17) is 4.74 Å². The molecule has 0 bridgehead atoms. The van der Waals surface area contributed by atoms with Crippen LogP contribution in [-0.4, -0.2) is 72.5 Å². The highest BCUT2D eigenvalue weighted by Gasteiger charge is 2.37. The Hall–Kier alpha value is -2.29. The van der Waals surface area contributed by atoms with Crippen molar-refractivity contribution in [2.45, 2.75) is 43.9 Å². The molecule has 1 N–H and O–H groups in total. The van der Waals surface area contributed by atoms with Crippen molar-refractivity contribution in [3.8, 4) is 0 Å². The monoisotopic (exact) mass is 428 g/mol. The van der Waals surface area contributed by atoms with Crippen LogP contribution in [0.5, 0.6) is 0 Å². The molecule has 0 radical (unpaired) electrons. The zero-order valence-corrected chi connectivity index (χ0v) is 16.9. The Morgan fingerprint density at radius 1 is 1.17 bits per heavy atom. The van der Waals surface area contributed by atoms with E-state index in [1.165, 1.54) is 19.2 Å². The van der Waals surface area contributed by atoms with Crippen LogP contribution in [-0.2, 0) is 16.0 Å². The fraction of sp³-hybridized carbons (Fsp3) is 0.619. The van der Waals surface area contributed by atoms with Gasteiger partial charge >= 0.3 is 18.2 Å². The summed E-state index contributed by atoms with van der Waals surface area (Å²) in [5.41, 5.74) is 0.834. The molecule has 1 aromatic rings. The number of amides is 2. The van der Waals surface area contributed by atoms with Gasteiger partial charge in [-0.25, -0.2) is 4.79 Å². The number of methoxy groups -OCH3 is 1. The van der Waals surface area contributed by atoms with Gasteiger partial charge in [0.15, 0.2) is 0 Å². The van der Waals surface area contributed by atoms with Gasteiger partial charge in [0.05, 0.1) is 25.6 Å². The second-order valence-corrected chi connectivity index (χ2v) is 8.10. The molecule has 2 atom stereocenters. The van der Waals surface area contributed by atoms with E-state index in [-0.39, 0.29) is 24.1 Å². The van der Waals surface area contributed by atoms with Gasteiger partial charge in [0.25, 0.3) is 0 Å². The van der Waals surface area contributed by atoms with Crippen molar-refractivity contribution in [2.75, 3.05) is 33.3 Å². The first-order chi connectivity index (χ1) is 14.2. The van der Waals surface area contributed by atoms with Gasteiger partial charge in [0.1, 0.15) is 0 Å². The summed E-state index contributed by atoms with van der Waals surface area (Å²) in [5, 5.41) is 9.67. The number of likely N-dealkylation sites (tertiary alicyclic amines) is 2. The third-order valence-corrected chi connectivity index (χ3v) is 5.82. The number of carbonyl (C=O) groups is 2. The minimum atomic E-state index is -4.30. The Kier molecular flexibility index (Phi) is 6.90. The quantitative estimate of drug-likeness (QED) is 0.752. The molecule has 2 fully saturated rings. The predicted octanol–water partition coefficient (Wildman–Crippen LogP) is 2.95. The van der Waals surface area contributed by atoms with Gasteiger partial charge in [-0.15, -0.1) is 0 Å². The molecule has 0 aromatic heterocycles. The van der Waals surface area contributed by atoms with Gasteiger partial charge in [0, 0.05) is 32.1 Å². The number of hydrogen-bond acceptors (Lipinski definition) is 4. The number of benzene rings is 1. The number of urea groups is 1. The van der Waals surface area contributed by atoms with Gasteiger partial charge in [-0.3, -0.25) is 4.79 Å². The molecule has 0 saturated carbocycles. The van der Waals surface area contributed by atoms with Crippen molar-refractivity contribution in [3.05, 3.63) is 35.4 Å². The Labute approximate surface area is 173 Å². The minimum absolute atomic E-state index is 0.156. The maximum Gasteiger partial charge on any atom is 0.393 e. The van der Waals surface area contributed by atoms with Gasteiger partial charge in [0.2, 0.25) is 0 Å². The van der Waals surface area contributed by atoms with E-state index in [0.29, 0.717) is 44.5 Å². The summed E-state index contributed by atoms with van der Waals surface area (Å²) in [6.07, 6.45) is -4.33. The summed E-state index contributed by atoms with van der Waals surface area (Å²) in [4.78, 5) is 28.5. The van der Waals surface area contributed by atoms with Crippen LogP contribution in [0, 0.1) is 5.92 Å². The van der Waals surface area contributed by atoms with Crippen molar-refractivity contribution >= 4 is 12.0 Å². The average molecular weight is 428 g/mol. The van der Waals surface area contributed by atoms with E-state index >= 15 is 0 Å². The van der Waals surface area contributed by atoms with E-state index in [0.717, 1.165) is 0 Å². The first-order valence-electron chi connectivity index (χ1n) is 10.1. The summed E-state index contributed by atoms with van der Waals surface area (Å²) in [6.45, 7) is 1.40. The number of hydrogen-bond donors (Lipinski definition) is 1. The van der Waals surface area contributed by atoms with Crippen LogP contribution in [0.3, 0.4) is 0 Å². The first kappa shape index (κ1) is 22.4. The molecule has 2 aliphatic heterocycles. The van der Waals surface area contributed by atoms with E-state index in [9.17, 15) is 27.9 Å². The lowest BCUT2D eigenvalue weighted by atomic mass is 9.84. The highest BCUT2D eigenvalue weighted by Crippen LogP contribution is 2.33. The molecule has 9 heteroatoms. The minimum Gasteiger partial charge on any atom is -0.469 e. The molecule has 2 aliphatic rings. The number of rotatable bonds is 3. The smallest absolute Gasteiger partial charge is 0.393 e. The zero-order chi connectivity index (χ0) is 21.9. The number of nitrogens with zero attached hydrogens (tertiary/aromatic N) is 2. The fourth-order valence-electron chi connectivity index (χ4n) is 4.28. The number of aliphatic hydroxyl groups excluding tert-OH is 1. The molecule has 6 nitrogen and oxygen atoms in total. The molecule has 2 saturated heterocycles. The molecule has 0 aliphatic carbocycles. The third kappa shape index (κ3) is 5.65. The van der Waals surface area contributed by atoms with Crippen molar-refractivity contribution in [1.29, 1.82) is 0 Å². The molecular weight excluding hydrogens is 401 g/mol.